The summed E-state index contributed by atoms with van der Waals surface area (Å²) in [6.45, 7) is -0.229. The van der Waals surface area contributed by atoms with Crippen molar-refractivity contribution in [3.05, 3.63) is 22.6 Å². The molecule has 1 heterocycles. The molecule has 0 radical (unpaired) electrons. The molecule has 1 rings (SSSR count). The fourth-order valence-corrected chi connectivity index (χ4v) is 1.12. The van der Waals surface area contributed by atoms with E-state index in [-0.39, 0.29) is 19.1 Å². The van der Waals surface area contributed by atoms with Crippen LogP contribution in [0.2, 0.25) is 0 Å². The summed E-state index contributed by atoms with van der Waals surface area (Å²) in [5, 5.41) is 18.1. The number of aliphatic hydroxyl groups is 2. The van der Waals surface area contributed by atoms with E-state index in [2.05, 4.69) is 9.98 Å². The van der Waals surface area contributed by atoms with Gasteiger partial charge < -0.3 is 19.7 Å². The molecule has 1 aromatic rings. The lowest BCUT2D eigenvalue weighted by Crippen LogP contribution is -2.22. The van der Waals surface area contributed by atoms with Crippen LogP contribution >= 0.6 is 0 Å². The Labute approximate surface area is 98.7 Å². The highest BCUT2D eigenvalue weighted by molar-refractivity contribution is 5.57. The topological polar surface area (TPSA) is 91.0 Å². The number of aromatic nitrogens is 2. The summed E-state index contributed by atoms with van der Waals surface area (Å²) in [6, 6.07) is 1.28. The van der Waals surface area contributed by atoms with Crippen molar-refractivity contribution < 1.29 is 10.2 Å². The first kappa shape index (κ1) is 13.3. The molecule has 94 valence electrons. The molecule has 0 aliphatic heterocycles. The molecular weight excluding hydrogens is 224 g/mol. The Morgan fingerprint density at radius 1 is 1.65 bits per heavy atom. The van der Waals surface area contributed by atoms with Crippen molar-refractivity contribution in [2.24, 2.45) is 4.99 Å². The van der Waals surface area contributed by atoms with Gasteiger partial charge in [0.1, 0.15) is 0 Å². The van der Waals surface area contributed by atoms with Gasteiger partial charge in [-0.1, -0.05) is 0 Å². The van der Waals surface area contributed by atoms with E-state index < -0.39 is 11.7 Å². The maximum Gasteiger partial charge on any atom is 0.274 e. The molecule has 0 saturated heterocycles. The van der Waals surface area contributed by atoms with Crippen molar-refractivity contribution in [1.29, 1.82) is 0 Å². The summed E-state index contributed by atoms with van der Waals surface area (Å²) >= 11 is 0. The maximum absolute atomic E-state index is 11.1. The van der Waals surface area contributed by atoms with Gasteiger partial charge in [-0.25, -0.2) is 4.99 Å². The molecule has 2 N–H and O–H groups in total. The number of aliphatic hydroxyl groups excluding tert-OH is 2. The Morgan fingerprint density at radius 3 is 2.94 bits per heavy atom. The zero-order valence-electron chi connectivity index (χ0n) is 9.82. The van der Waals surface area contributed by atoms with Crippen LogP contribution in [0.25, 0.3) is 0 Å². The summed E-state index contributed by atoms with van der Waals surface area (Å²) in [5.74, 6) is 0.193. The highest BCUT2D eigenvalue weighted by Crippen LogP contribution is 2.05. The first-order chi connectivity index (χ1) is 8.02. The summed E-state index contributed by atoms with van der Waals surface area (Å²) < 4.78 is 1.50. The highest BCUT2D eigenvalue weighted by Gasteiger charge is 2.06. The van der Waals surface area contributed by atoms with Gasteiger partial charge in [-0.15, -0.1) is 0 Å². The van der Waals surface area contributed by atoms with Crippen LogP contribution in [-0.4, -0.2) is 57.8 Å². The van der Waals surface area contributed by atoms with E-state index in [9.17, 15) is 9.90 Å². The third-order valence-corrected chi connectivity index (χ3v) is 1.89. The lowest BCUT2D eigenvalue weighted by Gasteiger charge is -2.12. The average Bonchev–Trinajstić information content (AvgIpc) is 2.29. The van der Waals surface area contributed by atoms with Gasteiger partial charge in [0.15, 0.2) is 0 Å². The standard InChI is InChI=1S/C10H16N4O3/c1-13(2)7-11-10-12-9(17)3-4-14(10)5-8(16)6-15/h3-4,7-8,15-16H,5-6H2,1-2H3/b11-7+/t8-/m0/s1. The first-order valence-electron chi connectivity index (χ1n) is 5.10. The molecule has 17 heavy (non-hydrogen) atoms. The van der Waals surface area contributed by atoms with Crippen molar-refractivity contribution >= 4 is 12.3 Å². The molecule has 0 unspecified atom stereocenters. The number of hydrogen-bond acceptors (Lipinski definition) is 5. The molecule has 1 atom stereocenters. The molecule has 7 heteroatoms. The van der Waals surface area contributed by atoms with Crippen molar-refractivity contribution in [1.82, 2.24) is 14.5 Å². The second kappa shape index (κ2) is 6.12. The van der Waals surface area contributed by atoms with Crippen molar-refractivity contribution in [3.8, 4) is 0 Å². The van der Waals surface area contributed by atoms with Crippen LogP contribution in [0, 0.1) is 0 Å². The van der Waals surface area contributed by atoms with Crippen LogP contribution in [0.5, 0.6) is 0 Å². The van der Waals surface area contributed by atoms with Crippen LogP contribution in [0.3, 0.4) is 0 Å². The summed E-state index contributed by atoms with van der Waals surface area (Å²) in [4.78, 5) is 20.6. The predicted molar refractivity (Wildman–Crippen MR) is 63.4 cm³/mol. The van der Waals surface area contributed by atoms with Gasteiger partial charge in [0.2, 0.25) is 5.95 Å². The fourth-order valence-electron chi connectivity index (χ4n) is 1.12. The van der Waals surface area contributed by atoms with Crippen molar-refractivity contribution in [2.45, 2.75) is 12.6 Å². The Kier molecular flexibility index (Phi) is 4.80. The lowest BCUT2D eigenvalue weighted by molar-refractivity contribution is 0.0812. The number of hydrogen-bond donors (Lipinski definition) is 2. The zero-order valence-corrected chi connectivity index (χ0v) is 9.82. The van der Waals surface area contributed by atoms with Gasteiger partial charge in [-0.2, -0.15) is 4.98 Å². The van der Waals surface area contributed by atoms with Gasteiger partial charge in [-0.05, 0) is 0 Å². The second-order valence-corrected chi connectivity index (χ2v) is 3.76. The minimum atomic E-state index is -0.910. The third kappa shape index (κ3) is 4.33. The minimum absolute atomic E-state index is 0.129. The monoisotopic (exact) mass is 240 g/mol. The van der Waals surface area contributed by atoms with E-state index in [1.807, 2.05) is 0 Å². The lowest BCUT2D eigenvalue weighted by atomic mass is 10.4. The van der Waals surface area contributed by atoms with Crippen molar-refractivity contribution in [3.63, 3.8) is 0 Å². The number of aliphatic imine (C=N–C) groups is 1. The van der Waals surface area contributed by atoms with Crippen LogP contribution in [0.1, 0.15) is 0 Å². The maximum atomic E-state index is 11.1. The molecular formula is C10H16N4O3. The van der Waals surface area contributed by atoms with Gasteiger partial charge in [0.05, 0.1) is 25.6 Å². The highest BCUT2D eigenvalue weighted by atomic mass is 16.3. The zero-order chi connectivity index (χ0) is 12.8. The Hall–Kier alpha value is -1.73. The van der Waals surface area contributed by atoms with Gasteiger partial charge >= 0.3 is 0 Å². The van der Waals surface area contributed by atoms with E-state index in [4.69, 9.17) is 5.11 Å². The fraction of sp³-hybridized carbons (Fsp3) is 0.500. The molecule has 0 bridgehead atoms. The Bertz CT molecular complexity index is 441. The van der Waals surface area contributed by atoms with Gasteiger partial charge in [0.25, 0.3) is 5.56 Å². The van der Waals surface area contributed by atoms with Crippen molar-refractivity contribution in [2.75, 3.05) is 20.7 Å². The summed E-state index contributed by atoms with van der Waals surface area (Å²) in [6.07, 6.45) is 2.08. The summed E-state index contributed by atoms with van der Waals surface area (Å²) in [5.41, 5.74) is -0.398. The molecule has 0 aromatic carbocycles. The van der Waals surface area contributed by atoms with Crippen LogP contribution in [0.15, 0.2) is 22.1 Å². The van der Waals surface area contributed by atoms with E-state index in [1.54, 1.807) is 19.0 Å². The van der Waals surface area contributed by atoms with Crippen LogP contribution in [-0.2, 0) is 6.54 Å². The van der Waals surface area contributed by atoms with Crippen LogP contribution < -0.4 is 5.56 Å². The number of nitrogens with zero attached hydrogens (tertiary/aromatic N) is 4. The normalized spacial score (nSPS) is 12.9. The third-order valence-electron chi connectivity index (χ3n) is 1.89. The molecule has 0 spiro atoms. The van der Waals surface area contributed by atoms with E-state index in [0.29, 0.717) is 0 Å². The Balaban J connectivity index is 2.99. The van der Waals surface area contributed by atoms with Gasteiger partial charge in [-0.3, -0.25) is 4.79 Å². The summed E-state index contributed by atoms with van der Waals surface area (Å²) in [7, 11) is 3.58. The first-order valence-corrected chi connectivity index (χ1v) is 5.10. The quantitative estimate of drug-likeness (QED) is 0.499. The average molecular weight is 240 g/mol. The smallest absolute Gasteiger partial charge is 0.274 e. The number of rotatable bonds is 5. The second-order valence-electron chi connectivity index (χ2n) is 3.76. The van der Waals surface area contributed by atoms with E-state index in [0.717, 1.165) is 0 Å². The molecule has 0 saturated carbocycles. The molecule has 1 aromatic heterocycles. The molecule has 0 aliphatic carbocycles. The predicted octanol–water partition coefficient (Wildman–Crippen LogP) is -1.18. The minimum Gasteiger partial charge on any atom is -0.394 e. The Morgan fingerprint density at radius 2 is 2.35 bits per heavy atom. The SMILES string of the molecule is CN(C)/C=N/c1nc(=O)ccn1C[C@H](O)CO. The molecule has 0 amide bonds. The molecule has 0 aliphatic rings. The molecule has 7 nitrogen and oxygen atoms in total. The largest absolute Gasteiger partial charge is 0.394 e. The molecule has 0 fully saturated rings. The van der Waals surface area contributed by atoms with E-state index in [1.165, 1.54) is 23.2 Å². The van der Waals surface area contributed by atoms with Gasteiger partial charge in [0, 0.05) is 26.4 Å². The van der Waals surface area contributed by atoms with E-state index >= 15 is 0 Å². The van der Waals surface area contributed by atoms with Crippen LogP contribution in [0.4, 0.5) is 5.95 Å².